The van der Waals surface area contributed by atoms with Crippen LogP contribution in [0.5, 0.6) is 0 Å². The standard InChI is InChI=1S/C17H22N4/c1-12-7-9-21(10-8-12)17-14(3)19-20-16(18-17)15-6-4-5-13(2)11-15/h4-6,11-12H,7-10H2,1-3H3. The number of rotatable bonds is 2. The first kappa shape index (κ1) is 14.0. The molecule has 0 bridgehead atoms. The van der Waals surface area contributed by atoms with Gasteiger partial charge in [-0.05, 0) is 38.7 Å². The summed E-state index contributed by atoms with van der Waals surface area (Å²) in [7, 11) is 0. The van der Waals surface area contributed by atoms with Crippen LogP contribution in [-0.4, -0.2) is 28.3 Å². The summed E-state index contributed by atoms with van der Waals surface area (Å²) in [4.78, 5) is 7.14. The third kappa shape index (κ3) is 3.04. The lowest BCUT2D eigenvalue weighted by atomic mass is 9.99. The SMILES string of the molecule is Cc1cccc(-c2nnc(C)c(N3CCC(C)CC3)n2)c1. The summed E-state index contributed by atoms with van der Waals surface area (Å²) in [5.74, 6) is 2.53. The number of benzene rings is 1. The van der Waals surface area contributed by atoms with Crippen molar-refractivity contribution in [3.8, 4) is 11.4 Å². The molecule has 0 N–H and O–H groups in total. The van der Waals surface area contributed by atoms with Crippen molar-refractivity contribution in [2.75, 3.05) is 18.0 Å². The molecule has 4 heteroatoms. The number of nitrogens with zero attached hydrogens (tertiary/aromatic N) is 4. The van der Waals surface area contributed by atoms with E-state index in [1.165, 1.54) is 18.4 Å². The molecule has 3 rings (SSSR count). The zero-order valence-corrected chi connectivity index (χ0v) is 13.0. The second-order valence-corrected chi connectivity index (χ2v) is 6.08. The monoisotopic (exact) mass is 282 g/mol. The van der Waals surface area contributed by atoms with Crippen molar-refractivity contribution >= 4 is 5.82 Å². The molecule has 0 spiro atoms. The van der Waals surface area contributed by atoms with Crippen molar-refractivity contribution in [3.05, 3.63) is 35.5 Å². The molecule has 0 saturated carbocycles. The molecule has 0 amide bonds. The van der Waals surface area contributed by atoms with Crippen molar-refractivity contribution in [2.24, 2.45) is 5.92 Å². The molecule has 2 heterocycles. The zero-order chi connectivity index (χ0) is 14.8. The minimum atomic E-state index is 0.720. The smallest absolute Gasteiger partial charge is 0.183 e. The van der Waals surface area contributed by atoms with E-state index in [1.54, 1.807) is 0 Å². The summed E-state index contributed by atoms with van der Waals surface area (Å²) in [6.07, 6.45) is 2.45. The minimum absolute atomic E-state index is 0.720. The summed E-state index contributed by atoms with van der Waals surface area (Å²) in [5.41, 5.74) is 3.17. The highest BCUT2D eigenvalue weighted by Crippen LogP contribution is 2.25. The average molecular weight is 282 g/mol. The van der Waals surface area contributed by atoms with E-state index in [2.05, 4.69) is 41.1 Å². The van der Waals surface area contributed by atoms with Crippen LogP contribution < -0.4 is 4.90 Å². The molecule has 1 aromatic carbocycles. The largest absolute Gasteiger partial charge is 0.355 e. The molecule has 1 fully saturated rings. The molecule has 2 aromatic rings. The van der Waals surface area contributed by atoms with E-state index in [0.717, 1.165) is 41.9 Å². The number of anilines is 1. The number of hydrogen-bond donors (Lipinski definition) is 0. The topological polar surface area (TPSA) is 41.9 Å². The van der Waals surface area contributed by atoms with Gasteiger partial charge in [-0.2, -0.15) is 0 Å². The van der Waals surface area contributed by atoms with E-state index in [1.807, 2.05) is 19.1 Å². The number of hydrogen-bond acceptors (Lipinski definition) is 4. The Labute approximate surface area is 126 Å². The number of aromatic nitrogens is 3. The quantitative estimate of drug-likeness (QED) is 0.846. The van der Waals surface area contributed by atoms with Crippen LogP contribution in [0.4, 0.5) is 5.82 Å². The molecule has 1 aliphatic heterocycles. The van der Waals surface area contributed by atoms with Crippen LogP contribution in [0, 0.1) is 19.8 Å². The highest BCUT2D eigenvalue weighted by Gasteiger charge is 2.20. The van der Waals surface area contributed by atoms with Crippen LogP contribution in [0.2, 0.25) is 0 Å². The normalized spacial score (nSPS) is 16.2. The highest BCUT2D eigenvalue weighted by atomic mass is 15.3. The van der Waals surface area contributed by atoms with Crippen LogP contribution in [0.15, 0.2) is 24.3 Å². The van der Waals surface area contributed by atoms with Crippen molar-refractivity contribution in [3.63, 3.8) is 0 Å². The Hall–Kier alpha value is -1.97. The van der Waals surface area contributed by atoms with E-state index in [0.29, 0.717) is 0 Å². The molecular formula is C17H22N4. The van der Waals surface area contributed by atoms with Gasteiger partial charge in [0.25, 0.3) is 0 Å². The molecule has 1 saturated heterocycles. The minimum Gasteiger partial charge on any atom is -0.355 e. The van der Waals surface area contributed by atoms with E-state index >= 15 is 0 Å². The van der Waals surface area contributed by atoms with Gasteiger partial charge in [0.15, 0.2) is 11.6 Å². The van der Waals surface area contributed by atoms with Crippen molar-refractivity contribution in [1.82, 2.24) is 15.2 Å². The summed E-state index contributed by atoms with van der Waals surface area (Å²) < 4.78 is 0. The highest BCUT2D eigenvalue weighted by molar-refractivity contribution is 5.58. The van der Waals surface area contributed by atoms with Gasteiger partial charge in [0.05, 0.1) is 0 Å². The van der Waals surface area contributed by atoms with Gasteiger partial charge in [0.1, 0.15) is 5.69 Å². The van der Waals surface area contributed by atoms with Gasteiger partial charge in [-0.25, -0.2) is 4.98 Å². The molecule has 0 atom stereocenters. The fraction of sp³-hybridized carbons (Fsp3) is 0.471. The summed E-state index contributed by atoms with van der Waals surface area (Å²) in [6, 6.07) is 8.27. The Kier molecular flexibility index (Phi) is 3.86. The fourth-order valence-electron chi connectivity index (χ4n) is 2.80. The molecule has 0 unspecified atom stereocenters. The molecule has 21 heavy (non-hydrogen) atoms. The van der Waals surface area contributed by atoms with Gasteiger partial charge in [-0.15, -0.1) is 10.2 Å². The van der Waals surface area contributed by atoms with E-state index in [-0.39, 0.29) is 0 Å². The van der Waals surface area contributed by atoms with Crippen LogP contribution in [0.3, 0.4) is 0 Å². The van der Waals surface area contributed by atoms with E-state index in [9.17, 15) is 0 Å². The summed E-state index contributed by atoms with van der Waals surface area (Å²) in [6.45, 7) is 8.52. The van der Waals surface area contributed by atoms with Gasteiger partial charge in [0, 0.05) is 18.7 Å². The first-order chi connectivity index (χ1) is 10.1. The predicted octanol–water partition coefficient (Wildman–Crippen LogP) is 3.39. The van der Waals surface area contributed by atoms with Crippen LogP contribution in [0.1, 0.15) is 31.0 Å². The third-order valence-corrected chi connectivity index (χ3v) is 4.19. The summed E-state index contributed by atoms with van der Waals surface area (Å²) >= 11 is 0. The van der Waals surface area contributed by atoms with Crippen molar-refractivity contribution in [2.45, 2.75) is 33.6 Å². The summed E-state index contributed by atoms with van der Waals surface area (Å²) in [5, 5.41) is 8.60. The Balaban J connectivity index is 1.93. The van der Waals surface area contributed by atoms with E-state index < -0.39 is 0 Å². The molecule has 0 aliphatic carbocycles. The van der Waals surface area contributed by atoms with Crippen molar-refractivity contribution in [1.29, 1.82) is 0 Å². The van der Waals surface area contributed by atoms with Gasteiger partial charge >= 0.3 is 0 Å². The number of piperidine rings is 1. The second kappa shape index (κ2) is 5.80. The maximum absolute atomic E-state index is 4.78. The molecule has 1 aliphatic rings. The first-order valence-electron chi connectivity index (χ1n) is 7.67. The Morgan fingerprint density at radius 3 is 2.57 bits per heavy atom. The fourth-order valence-corrected chi connectivity index (χ4v) is 2.80. The van der Waals surface area contributed by atoms with Gasteiger partial charge in [0.2, 0.25) is 0 Å². The lowest BCUT2D eigenvalue weighted by Crippen LogP contribution is -2.34. The number of aryl methyl sites for hydroxylation is 2. The Bertz CT molecular complexity index is 630. The molecule has 110 valence electrons. The first-order valence-corrected chi connectivity index (χ1v) is 7.67. The molecule has 0 radical (unpaired) electrons. The van der Waals surface area contributed by atoms with Gasteiger partial charge < -0.3 is 4.90 Å². The van der Waals surface area contributed by atoms with Crippen LogP contribution in [-0.2, 0) is 0 Å². The van der Waals surface area contributed by atoms with Crippen molar-refractivity contribution < 1.29 is 0 Å². The van der Waals surface area contributed by atoms with Gasteiger partial charge in [-0.1, -0.05) is 30.7 Å². The lowest BCUT2D eigenvalue weighted by molar-refractivity contribution is 0.435. The average Bonchev–Trinajstić information content (AvgIpc) is 2.49. The molecule has 1 aromatic heterocycles. The second-order valence-electron chi connectivity index (χ2n) is 6.08. The predicted molar refractivity (Wildman–Crippen MR) is 85.3 cm³/mol. The van der Waals surface area contributed by atoms with Crippen LogP contribution in [0.25, 0.3) is 11.4 Å². The maximum Gasteiger partial charge on any atom is 0.183 e. The molecule has 4 nitrogen and oxygen atoms in total. The Morgan fingerprint density at radius 2 is 1.86 bits per heavy atom. The maximum atomic E-state index is 4.78. The zero-order valence-electron chi connectivity index (χ0n) is 13.0. The van der Waals surface area contributed by atoms with Gasteiger partial charge in [-0.3, -0.25) is 0 Å². The third-order valence-electron chi connectivity index (χ3n) is 4.19. The Morgan fingerprint density at radius 1 is 1.10 bits per heavy atom. The van der Waals surface area contributed by atoms with E-state index in [4.69, 9.17) is 4.98 Å². The van der Waals surface area contributed by atoms with Crippen LogP contribution >= 0.6 is 0 Å². The molecular weight excluding hydrogens is 260 g/mol. The lowest BCUT2D eigenvalue weighted by Gasteiger charge is -2.31.